The van der Waals surface area contributed by atoms with Crippen molar-refractivity contribution in [2.24, 2.45) is 0 Å². The Balaban J connectivity index is 1.05. The smallest absolute Gasteiger partial charge is 0.0540 e. The topological polar surface area (TPSA) is 6.48 Å². The maximum Gasteiger partial charge on any atom is 0.0540 e. The molecule has 0 fully saturated rings. The van der Waals surface area contributed by atoms with E-state index in [1.807, 2.05) is 0 Å². The fraction of sp³-hybridized carbons (Fsp3) is 0.0323. The lowest BCUT2D eigenvalue weighted by molar-refractivity contribution is 1.24. The standard InChI is InChI=1S/C62H48N2/c1-45-43-53(35-41-59(45)63(55-37-31-49(32-38-55)47-19-7-3-8-20-47)61-29-17-15-27-57(61)51-23-11-5-12-24-51)54-36-42-60(46(2)44-54)64(56-39-33-50(34-40-56)48-21-9-4-10-22-48)62-30-18-16-28-58(62)52-25-13-6-14-26-52/h3-44H,1-2H3. The van der Waals surface area contributed by atoms with Crippen molar-refractivity contribution in [3.05, 3.63) is 266 Å². The number of anilines is 6. The molecule has 0 aliphatic rings. The summed E-state index contributed by atoms with van der Waals surface area (Å²) < 4.78 is 0. The van der Waals surface area contributed by atoms with Gasteiger partial charge >= 0.3 is 0 Å². The predicted octanol–water partition coefficient (Wildman–Crippen LogP) is 17.6. The van der Waals surface area contributed by atoms with Crippen LogP contribution in [0.15, 0.2) is 255 Å². The minimum atomic E-state index is 1.10. The minimum absolute atomic E-state index is 1.10. The molecule has 0 saturated heterocycles. The molecule has 306 valence electrons. The molecule has 64 heavy (non-hydrogen) atoms. The summed E-state index contributed by atoms with van der Waals surface area (Å²) in [5.41, 5.74) is 21.0. The average Bonchev–Trinajstić information content (AvgIpc) is 3.37. The zero-order chi connectivity index (χ0) is 43.2. The molecule has 10 rings (SSSR count). The van der Waals surface area contributed by atoms with Crippen LogP contribution in [-0.2, 0) is 0 Å². The fourth-order valence-corrected chi connectivity index (χ4v) is 8.92. The van der Waals surface area contributed by atoms with Crippen LogP contribution in [0.25, 0.3) is 55.6 Å². The molecule has 0 atom stereocenters. The third-order valence-electron chi connectivity index (χ3n) is 12.1. The molecule has 0 N–H and O–H groups in total. The van der Waals surface area contributed by atoms with Gasteiger partial charge < -0.3 is 9.80 Å². The van der Waals surface area contributed by atoms with Gasteiger partial charge in [0, 0.05) is 33.9 Å². The average molecular weight is 821 g/mol. The summed E-state index contributed by atoms with van der Waals surface area (Å²) in [4.78, 5) is 4.82. The first-order valence-corrected chi connectivity index (χ1v) is 22.0. The van der Waals surface area contributed by atoms with Crippen LogP contribution in [0.5, 0.6) is 0 Å². The molecular formula is C62H48N2. The van der Waals surface area contributed by atoms with E-state index in [0.717, 1.165) is 34.1 Å². The summed E-state index contributed by atoms with van der Waals surface area (Å²) in [5, 5.41) is 0. The van der Waals surface area contributed by atoms with E-state index in [-0.39, 0.29) is 0 Å². The van der Waals surface area contributed by atoms with E-state index in [9.17, 15) is 0 Å². The number of hydrogen-bond acceptors (Lipinski definition) is 2. The second-order valence-electron chi connectivity index (χ2n) is 16.3. The van der Waals surface area contributed by atoms with E-state index < -0.39 is 0 Å². The highest BCUT2D eigenvalue weighted by molar-refractivity contribution is 5.92. The van der Waals surface area contributed by atoms with Gasteiger partial charge in [0.1, 0.15) is 0 Å². The Bertz CT molecular complexity index is 2920. The van der Waals surface area contributed by atoms with Crippen molar-refractivity contribution in [2.45, 2.75) is 13.8 Å². The maximum atomic E-state index is 2.41. The highest BCUT2D eigenvalue weighted by Gasteiger charge is 2.22. The molecule has 10 aromatic carbocycles. The summed E-state index contributed by atoms with van der Waals surface area (Å²) >= 11 is 0. The molecule has 10 aromatic rings. The maximum absolute atomic E-state index is 2.41. The van der Waals surface area contributed by atoms with Gasteiger partial charge in [-0.1, -0.05) is 194 Å². The molecule has 0 saturated carbocycles. The van der Waals surface area contributed by atoms with E-state index in [1.165, 1.54) is 66.8 Å². The molecule has 0 aromatic heterocycles. The highest BCUT2D eigenvalue weighted by Crippen LogP contribution is 2.45. The van der Waals surface area contributed by atoms with Crippen molar-refractivity contribution in [1.82, 2.24) is 0 Å². The summed E-state index contributed by atoms with van der Waals surface area (Å²) in [5.74, 6) is 0. The lowest BCUT2D eigenvalue weighted by atomic mass is 9.96. The van der Waals surface area contributed by atoms with Crippen LogP contribution in [0.2, 0.25) is 0 Å². The normalized spacial score (nSPS) is 11.0. The van der Waals surface area contributed by atoms with Crippen molar-refractivity contribution in [3.63, 3.8) is 0 Å². The number of aryl methyl sites for hydroxylation is 2. The Labute approximate surface area is 377 Å². The van der Waals surface area contributed by atoms with Gasteiger partial charge in [0.05, 0.1) is 11.4 Å². The number of para-hydroxylation sites is 2. The summed E-state index contributed by atoms with van der Waals surface area (Å²) in [6.45, 7) is 4.47. The molecule has 0 aliphatic heterocycles. The summed E-state index contributed by atoms with van der Waals surface area (Å²) in [7, 11) is 0. The fourth-order valence-electron chi connectivity index (χ4n) is 8.92. The molecule has 0 heterocycles. The Morgan fingerprint density at radius 3 is 0.844 bits per heavy atom. The molecule has 2 nitrogen and oxygen atoms in total. The van der Waals surface area contributed by atoms with Gasteiger partial charge in [0.15, 0.2) is 0 Å². The van der Waals surface area contributed by atoms with E-state index in [2.05, 4.69) is 278 Å². The lowest BCUT2D eigenvalue weighted by Crippen LogP contribution is -2.13. The van der Waals surface area contributed by atoms with Gasteiger partial charge in [0.25, 0.3) is 0 Å². The van der Waals surface area contributed by atoms with Crippen LogP contribution in [0.3, 0.4) is 0 Å². The van der Waals surface area contributed by atoms with Crippen LogP contribution in [-0.4, -0.2) is 0 Å². The first-order valence-electron chi connectivity index (χ1n) is 22.0. The Kier molecular flexibility index (Phi) is 11.2. The van der Waals surface area contributed by atoms with Crippen molar-refractivity contribution in [3.8, 4) is 55.6 Å². The largest absolute Gasteiger partial charge is 0.310 e. The van der Waals surface area contributed by atoms with Crippen LogP contribution >= 0.6 is 0 Å². The minimum Gasteiger partial charge on any atom is -0.310 e. The van der Waals surface area contributed by atoms with Gasteiger partial charge in [-0.3, -0.25) is 0 Å². The molecule has 0 radical (unpaired) electrons. The SMILES string of the molecule is Cc1cc(-c2ccc(N(c3ccc(-c4ccccc4)cc3)c3ccccc3-c3ccccc3)c(C)c2)ccc1N(c1ccc(-c2ccccc2)cc1)c1ccccc1-c1ccccc1. The second-order valence-corrected chi connectivity index (χ2v) is 16.3. The monoisotopic (exact) mass is 820 g/mol. The molecule has 0 aliphatic carbocycles. The van der Waals surface area contributed by atoms with Gasteiger partial charge in [-0.05, 0) is 130 Å². The molecule has 0 unspecified atom stereocenters. The number of nitrogens with zero attached hydrogens (tertiary/aromatic N) is 2. The van der Waals surface area contributed by atoms with Crippen LogP contribution in [0, 0.1) is 13.8 Å². The summed E-state index contributed by atoms with van der Waals surface area (Å²) in [6, 6.07) is 91.7. The van der Waals surface area contributed by atoms with E-state index in [1.54, 1.807) is 0 Å². The van der Waals surface area contributed by atoms with Crippen molar-refractivity contribution >= 4 is 34.1 Å². The lowest BCUT2D eigenvalue weighted by Gasteiger charge is -2.30. The van der Waals surface area contributed by atoms with Gasteiger partial charge in [-0.25, -0.2) is 0 Å². The third kappa shape index (κ3) is 8.13. The molecule has 0 bridgehead atoms. The van der Waals surface area contributed by atoms with Gasteiger partial charge in [-0.2, -0.15) is 0 Å². The van der Waals surface area contributed by atoms with Crippen LogP contribution in [0.1, 0.15) is 11.1 Å². The first kappa shape index (κ1) is 39.9. The van der Waals surface area contributed by atoms with Crippen LogP contribution in [0.4, 0.5) is 34.1 Å². The van der Waals surface area contributed by atoms with Crippen molar-refractivity contribution < 1.29 is 0 Å². The van der Waals surface area contributed by atoms with Gasteiger partial charge in [0.2, 0.25) is 0 Å². The van der Waals surface area contributed by atoms with Gasteiger partial charge in [-0.15, -0.1) is 0 Å². The zero-order valence-corrected chi connectivity index (χ0v) is 36.1. The molecule has 2 heteroatoms. The van der Waals surface area contributed by atoms with Crippen molar-refractivity contribution in [1.29, 1.82) is 0 Å². The van der Waals surface area contributed by atoms with E-state index >= 15 is 0 Å². The Morgan fingerprint density at radius 1 is 0.219 bits per heavy atom. The number of rotatable bonds is 11. The zero-order valence-electron chi connectivity index (χ0n) is 36.1. The van der Waals surface area contributed by atoms with E-state index in [4.69, 9.17) is 0 Å². The highest BCUT2D eigenvalue weighted by atomic mass is 15.2. The number of hydrogen-bond donors (Lipinski definition) is 0. The summed E-state index contributed by atoms with van der Waals surface area (Å²) in [6.07, 6.45) is 0. The quantitative estimate of drug-likeness (QED) is 0.128. The first-order chi connectivity index (χ1) is 31.6. The molecular weight excluding hydrogens is 773 g/mol. The Morgan fingerprint density at radius 2 is 0.500 bits per heavy atom. The predicted molar refractivity (Wildman–Crippen MR) is 272 cm³/mol. The van der Waals surface area contributed by atoms with Crippen LogP contribution < -0.4 is 9.80 Å². The Hall–Kier alpha value is -8.20. The van der Waals surface area contributed by atoms with Crippen molar-refractivity contribution in [2.75, 3.05) is 9.80 Å². The second kappa shape index (κ2) is 18.0. The molecule has 0 amide bonds. The van der Waals surface area contributed by atoms with E-state index in [0.29, 0.717) is 0 Å². The number of benzene rings is 10. The molecule has 0 spiro atoms. The third-order valence-corrected chi connectivity index (χ3v) is 12.1.